The maximum Gasteiger partial charge on any atom is 0.337 e. The summed E-state index contributed by atoms with van der Waals surface area (Å²) in [6, 6.07) is 11.5. The van der Waals surface area contributed by atoms with E-state index in [9.17, 15) is 4.79 Å². The Hall–Kier alpha value is -2.56. The topological polar surface area (TPSA) is 51.7 Å². The van der Waals surface area contributed by atoms with Crippen LogP contribution in [0, 0.1) is 0 Å². The Kier molecular flexibility index (Phi) is 3.96. The van der Waals surface area contributed by atoms with Gasteiger partial charge < -0.3 is 14.4 Å². The van der Waals surface area contributed by atoms with Gasteiger partial charge >= 0.3 is 5.97 Å². The van der Waals surface area contributed by atoms with Gasteiger partial charge in [0.05, 0.1) is 18.7 Å². The van der Waals surface area contributed by atoms with Gasteiger partial charge in [-0.3, -0.25) is 0 Å². The summed E-state index contributed by atoms with van der Waals surface area (Å²) < 4.78 is 10.6. The molecule has 0 fully saturated rings. The summed E-state index contributed by atoms with van der Waals surface area (Å²) in [5.41, 5.74) is 1.53. The third kappa shape index (κ3) is 2.74. The number of carbonyl (C=O) groups excluding carboxylic acids is 1. The molecule has 0 amide bonds. The van der Waals surface area contributed by atoms with Crippen LogP contribution < -0.4 is 9.64 Å². The lowest BCUT2D eigenvalue weighted by Gasteiger charge is -2.27. The second kappa shape index (κ2) is 6.05. The average molecular weight is 298 g/mol. The molecule has 1 aliphatic heterocycles. The fourth-order valence-electron chi connectivity index (χ4n) is 2.53. The first-order chi connectivity index (χ1) is 10.7. The van der Waals surface area contributed by atoms with Crippen molar-refractivity contribution in [3.05, 3.63) is 53.7 Å². The summed E-state index contributed by atoms with van der Waals surface area (Å²) in [5, 5.41) is 0. The number of nitrogens with zero attached hydrogens (tertiary/aromatic N) is 2. The van der Waals surface area contributed by atoms with Crippen molar-refractivity contribution in [2.45, 2.75) is 19.5 Å². The molecule has 1 atom stereocenters. The van der Waals surface area contributed by atoms with Crippen LogP contribution in [0.1, 0.15) is 22.8 Å². The fourth-order valence-corrected chi connectivity index (χ4v) is 2.53. The number of pyridine rings is 1. The third-order valence-electron chi connectivity index (χ3n) is 3.78. The first-order valence-electron chi connectivity index (χ1n) is 7.20. The summed E-state index contributed by atoms with van der Waals surface area (Å²) in [4.78, 5) is 18.3. The van der Waals surface area contributed by atoms with E-state index in [2.05, 4.69) is 16.8 Å². The van der Waals surface area contributed by atoms with Crippen molar-refractivity contribution in [2.75, 3.05) is 18.6 Å². The Morgan fingerprint density at radius 1 is 1.36 bits per heavy atom. The van der Waals surface area contributed by atoms with Crippen LogP contribution in [0.3, 0.4) is 0 Å². The van der Waals surface area contributed by atoms with Crippen LogP contribution in [0.25, 0.3) is 0 Å². The van der Waals surface area contributed by atoms with E-state index in [1.54, 1.807) is 18.3 Å². The van der Waals surface area contributed by atoms with Gasteiger partial charge in [-0.05, 0) is 31.2 Å². The van der Waals surface area contributed by atoms with Gasteiger partial charge in [0, 0.05) is 18.3 Å². The summed E-state index contributed by atoms with van der Waals surface area (Å²) in [5.74, 6) is 1.29. The van der Waals surface area contributed by atoms with Crippen molar-refractivity contribution in [1.29, 1.82) is 0 Å². The molecule has 3 rings (SSSR count). The minimum atomic E-state index is -0.356. The lowest BCUT2D eigenvalue weighted by Crippen LogP contribution is -2.35. The van der Waals surface area contributed by atoms with E-state index < -0.39 is 0 Å². The number of rotatable bonds is 2. The number of anilines is 1. The van der Waals surface area contributed by atoms with Crippen molar-refractivity contribution in [2.24, 2.45) is 0 Å². The lowest BCUT2D eigenvalue weighted by atomic mass is 10.1. The van der Waals surface area contributed by atoms with Gasteiger partial charge in [0.25, 0.3) is 0 Å². The maximum absolute atomic E-state index is 11.6. The highest BCUT2D eigenvalue weighted by molar-refractivity contribution is 5.90. The van der Waals surface area contributed by atoms with Crippen molar-refractivity contribution in [3.8, 4) is 5.75 Å². The van der Waals surface area contributed by atoms with Gasteiger partial charge in [-0.1, -0.05) is 12.1 Å². The molecule has 5 heteroatoms. The predicted molar refractivity (Wildman–Crippen MR) is 83.2 cm³/mol. The molecule has 5 nitrogen and oxygen atoms in total. The normalized spacial score (nSPS) is 17.2. The smallest absolute Gasteiger partial charge is 0.337 e. The average Bonchev–Trinajstić information content (AvgIpc) is 2.74. The van der Waals surface area contributed by atoms with Gasteiger partial charge in [-0.15, -0.1) is 0 Å². The second-order valence-corrected chi connectivity index (χ2v) is 5.29. The molecular formula is C17H18N2O3. The van der Waals surface area contributed by atoms with Gasteiger partial charge in [0.2, 0.25) is 0 Å². The Morgan fingerprint density at radius 2 is 2.23 bits per heavy atom. The third-order valence-corrected chi connectivity index (χ3v) is 3.78. The zero-order valence-corrected chi connectivity index (χ0v) is 12.7. The first kappa shape index (κ1) is 14.4. The van der Waals surface area contributed by atoms with Crippen LogP contribution in [0.5, 0.6) is 5.75 Å². The molecule has 0 aliphatic carbocycles. The molecule has 0 radical (unpaired) electrons. The summed E-state index contributed by atoms with van der Waals surface area (Å²) in [6.07, 6.45) is 1.79. The van der Waals surface area contributed by atoms with Gasteiger partial charge in [0.1, 0.15) is 18.2 Å². The zero-order valence-electron chi connectivity index (χ0n) is 12.7. The Bertz CT molecular complexity index is 673. The van der Waals surface area contributed by atoms with Gasteiger partial charge in [0.15, 0.2) is 0 Å². The first-order valence-corrected chi connectivity index (χ1v) is 7.20. The van der Waals surface area contributed by atoms with Crippen molar-refractivity contribution >= 4 is 11.8 Å². The molecule has 0 spiro atoms. The summed E-state index contributed by atoms with van der Waals surface area (Å²) >= 11 is 0. The standard InChI is InChI=1S/C17H18N2O3/c1-12-11-22-15-9-13(17(20)21-2)6-7-14(15)10-19(12)16-5-3-4-8-18-16/h3-9,12H,10-11H2,1-2H3/t12-/m0/s1. The van der Waals surface area contributed by atoms with E-state index in [1.807, 2.05) is 24.3 Å². The van der Waals surface area contributed by atoms with E-state index in [-0.39, 0.29) is 12.0 Å². The number of ether oxygens (including phenoxy) is 2. The molecule has 0 unspecified atom stereocenters. The molecule has 1 aliphatic rings. The Morgan fingerprint density at radius 3 is 2.95 bits per heavy atom. The summed E-state index contributed by atoms with van der Waals surface area (Å²) in [7, 11) is 1.37. The number of carbonyl (C=O) groups is 1. The molecule has 114 valence electrons. The molecule has 1 aromatic heterocycles. The van der Waals surface area contributed by atoms with Gasteiger partial charge in [-0.2, -0.15) is 0 Å². The fraction of sp³-hybridized carbons (Fsp3) is 0.294. The molecule has 0 bridgehead atoms. The maximum atomic E-state index is 11.6. The van der Waals surface area contributed by atoms with E-state index in [1.165, 1.54) is 7.11 Å². The van der Waals surface area contributed by atoms with E-state index in [0.29, 0.717) is 18.7 Å². The monoisotopic (exact) mass is 298 g/mol. The number of esters is 1. The highest BCUT2D eigenvalue weighted by Crippen LogP contribution is 2.29. The number of hydrogen-bond donors (Lipinski definition) is 0. The van der Waals surface area contributed by atoms with Crippen molar-refractivity contribution in [3.63, 3.8) is 0 Å². The lowest BCUT2D eigenvalue weighted by molar-refractivity contribution is 0.0600. The zero-order chi connectivity index (χ0) is 15.5. The van der Waals surface area contributed by atoms with Crippen LogP contribution in [-0.2, 0) is 11.3 Å². The highest BCUT2D eigenvalue weighted by Gasteiger charge is 2.23. The van der Waals surface area contributed by atoms with Crippen LogP contribution in [0.4, 0.5) is 5.82 Å². The molecule has 0 saturated heterocycles. The molecule has 2 aromatic rings. The Balaban J connectivity index is 1.93. The van der Waals surface area contributed by atoms with E-state index in [0.717, 1.165) is 17.1 Å². The van der Waals surface area contributed by atoms with Crippen molar-refractivity contribution in [1.82, 2.24) is 4.98 Å². The molecule has 22 heavy (non-hydrogen) atoms. The largest absolute Gasteiger partial charge is 0.491 e. The number of methoxy groups -OCH3 is 1. The van der Waals surface area contributed by atoms with Crippen LogP contribution in [0.15, 0.2) is 42.6 Å². The number of benzene rings is 1. The SMILES string of the molecule is COC(=O)c1ccc2c(c1)OC[C@H](C)N(c1ccccn1)C2. The molecule has 0 saturated carbocycles. The highest BCUT2D eigenvalue weighted by atomic mass is 16.5. The van der Waals surface area contributed by atoms with Crippen LogP contribution >= 0.6 is 0 Å². The quantitative estimate of drug-likeness (QED) is 0.798. The number of hydrogen-bond acceptors (Lipinski definition) is 5. The molecular weight excluding hydrogens is 280 g/mol. The van der Waals surface area contributed by atoms with Crippen molar-refractivity contribution < 1.29 is 14.3 Å². The van der Waals surface area contributed by atoms with E-state index in [4.69, 9.17) is 9.47 Å². The molecule has 2 heterocycles. The minimum Gasteiger partial charge on any atom is -0.491 e. The molecule has 1 aromatic carbocycles. The number of fused-ring (bicyclic) bond motifs is 1. The molecule has 0 N–H and O–H groups in total. The number of aromatic nitrogens is 1. The summed E-state index contributed by atoms with van der Waals surface area (Å²) in [6.45, 7) is 3.32. The van der Waals surface area contributed by atoms with Gasteiger partial charge in [-0.25, -0.2) is 9.78 Å². The van der Waals surface area contributed by atoms with Crippen LogP contribution in [-0.4, -0.2) is 30.7 Å². The second-order valence-electron chi connectivity index (χ2n) is 5.29. The predicted octanol–water partition coefficient (Wildman–Crippen LogP) is 2.66. The van der Waals surface area contributed by atoms with E-state index >= 15 is 0 Å². The minimum absolute atomic E-state index is 0.184. The Labute approximate surface area is 129 Å². The van der Waals surface area contributed by atoms with Crippen LogP contribution in [0.2, 0.25) is 0 Å².